The molecule has 1 saturated heterocycles. The molecule has 1 unspecified atom stereocenters. The molecule has 262 valence electrons. The summed E-state index contributed by atoms with van der Waals surface area (Å²) in [5.74, 6) is -2.20. The van der Waals surface area contributed by atoms with Crippen molar-refractivity contribution in [3.05, 3.63) is 33.1 Å². The van der Waals surface area contributed by atoms with Crippen molar-refractivity contribution in [1.82, 2.24) is 9.13 Å². The first kappa shape index (κ1) is 38.8. The van der Waals surface area contributed by atoms with E-state index in [9.17, 15) is 38.0 Å². The van der Waals surface area contributed by atoms with Crippen molar-refractivity contribution < 1.29 is 70.4 Å². The average Bonchev–Trinajstić information content (AvgIpc) is 3.25. The molecule has 1 aromatic rings. The van der Waals surface area contributed by atoms with E-state index < -0.39 is 101 Å². The minimum atomic E-state index is -4.87. The Balaban J connectivity index is 2.27. The van der Waals surface area contributed by atoms with Crippen LogP contribution in [-0.4, -0.2) is 90.3 Å². The summed E-state index contributed by atoms with van der Waals surface area (Å²) in [4.78, 5) is 60.7. The molecule has 46 heavy (non-hydrogen) atoms. The molecular formula is C25H39FN3O16P. The van der Waals surface area contributed by atoms with Crippen LogP contribution < -0.4 is 17.0 Å². The van der Waals surface area contributed by atoms with Crippen LogP contribution in [0, 0.1) is 11.8 Å². The third kappa shape index (κ3) is 10.1. The maximum atomic E-state index is 14.6. The standard InChI is InChI=1S/C25H39FN3O16P/c1-6-37-23(34)40-13-43-46(36,44-14-41-24(35)38-7-2)42-11-25(10-26)19(31)16(5)20(45-25)28-9-8-17(30)29(22(28)33)12-39-21(32)18(27)15(3)4/h8-9,15-16,18-20,31H,6-7,10-14,27H2,1-5H3/t16-,18?,19-,20+,25+/m0/s1. The van der Waals surface area contributed by atoms with Crippen molar-refractivity contribution >= 4 is 26.1 Å². The number of aliphatic hydroxyl groups is 1. The van der Waals surface area contributed by atoms with Gasteiger partial charge in [-0.25, -0.2) is 37.0 Å². The summed E-state index contributed by atoms with van der Waals surface area (Å²) in [7, 11) is -4.87. The van der Waals surface area contributed by atoms with Gasteiger partial charge in [0.15, 0.2) is 6.73 Å². The van der Waals surface area contributed by atoms with Gasteiger partial charge in [-0.1, -0.05) is 20.8 Å². The van der Waals surface area contributed by atoms with Gasteiger partial charge in [-0.15, -0.1) is 0 Å². The van der Waals surface area contributed by atoms with E-state index in [4.69, 9.17) is 28.8 Å². The molecule has 19 nitrogen and oxygen atoms in total. The van der Waals surface area contributed by atoms with Crippen LogP contribution in [0.25, 0.3) is 0 Å². The highest BCUT2D eigenvalue weighted by Gasteiger charge is 2.55. The van der Waals surface area contributed by atoms with Crippen molar-refractivity contribution in [2.24, 2.45) is 17.6 Å². The monoisotopic (exact) mass is 687 g/mol. The van der Waals surface area contributed by atoms with E-state index in [2.05, 4.69) is 18.9 Å². The Kier molecular flexibility index (Phi) is 14.8. The maximum Gasteiger partial charge on any atom is 0.510 e. The van der Waals surface area contributed by atoms with Gasteiger partial charge in [-0.05, 0) is 19.8 Å². The SMILES string of the molecule is CCOC(=O)OCOP(=O)(OCOC(=O)OCC)OC[C@@]1(CF)O[C@@H](n2ccc(=O)n(COC(=O)C(N)C(C)C)c2=O)[C@@H](C)[C@@H]1O. The highest BCUT2D eigenvalue weighted by Crippen LogP contribution is 2.52. The molecule has 0 aliphatic carbocycles. The second kappa shape index (κ2) is 17.5. The normalized spacial score (nSPS) is 21.9. The van der Waals surface area contributed by atoms with Gasteiger partial charge >= 0.3 is 31.8 Å². The molecule has 1 aliphatic rings. The van der Waals surface area contributed by atoms with Crippen LogP contribution in [0.15, 0.2) is 21.9 Å². The lowest BCUT2D eigenvalue weighted by atomic mass is 9.92. The number of ether oxygens (including phenoxy) is 6. The first-order valence-electron chi connectivity index (χ1n) is 13.9. The zero-order valence-electron chi connectivity index (χ0n) is 25.9. The lowest BCUT2D eigenvalue weighted by Gasteiger charge is -2.30. The van der Waals surface area contributed by atoms with Gasteiger partial charge in [0.1, 0.15) is 24.5 Å². The second-order valence-electron chi connectivity index (χ2n) is 10.0. The van der Waals surface area contributed by atoms with Crippen LogP contribution in [-0.2, 0) is 58.1 Å². The van der Waals surface area contributed by atoms with Crippen LogP contribution in [0.2, 0.25) is 0 Å². The van der Waals surface area contributed by atoms with Crippen LogP contribution in [0.1, 0.15) is 40.8 Å². The number of aliphatic hydroxyl groups excluding tert-OH is 1. The molecule has 0 amide bonds. The number of esters is 1. The predicted molar refractivity (Wildman–Crippen MR) is 150 cm³/mol. The van der Waals surface area contributed by atoms with E-state index in [0.29, 0.717) is 4.57 Å². The summed E-state index contributed by atoms with van der Waals surface area (Å²) in [5, 5.41) is 11.0. The number of nitrogens with zero attached hydrogens (tertiary/aromatic N) is 2. The molecule has 0 saturated carbocycles. The highest BCUT2D eigenvalue weighted by atomic mass is 31.2. The van der Waals surface area contributed by atoms with Crippen molar-refractivity contribution in [1.29, 1.82) is 0 Å². The van der Waals surface area contributed by atoms with Crippen molar-refractivity contribution in [2.75, 3.05) is 40.1 Å². The zero-order chi connectivity index (χ0) is 34.7. The van der Waals surface area contributed by atoms with E-state index in [-0.39, 0.29) is 19.1 Å². The largest absolute Gasteiger partial charge is 0.510 e. The van der Waals surface area contributed by atoms with Crippen molar-refractivity contribution in [3.8, 4) is 0 Å². The number of hydrogen-bond donors (Lipinski definition) is 2. The lowest BCUT2D eigenvalue weighted by Crippen LogP contribution is -2.47. The Morgan fingerprint density at radius 2 is 1.61 bits per heavy atom. The van der Waals surface area contributed by atoms with E-state index in [1.807, 2.05) is 0 Å². The summed E-state index contributed by atoms with van der Waals surface area (Å²) in [6.07, 6.45) is -4.53. The Hall–Kier alpha value is -3.39. The minimum Gasteiger partial charge on any atom is -0.442 e. The lowest BCUT2D eigenvalue weighted by molar-refractivity contribution is -0.151. The number of alkyl halides is 1. The summed E-state index contributed by atoms with van der Waals surface area (Å²) >= 11 is 0. The first-order chi connectivity index (χ1) is 21.6. The Morgan fingerprint density at radius 3 is 2.11 bits per heavy atom. The van der Waals surface area contributed by atoms with Gasteiger partial charge in [0, 0.05) is 18.2 Å². The molecule has 3 N–H and O–H groups in total. The van der Waals surface area contributed by atoms with Crippen molar-refractivity contribution in [2.45, 2.75) is 65.3 Å². The maximum absolute atomic E-state index is 14.6. The molecule has 1 fully saturated rings. The molecule has 0 radical (unpaired) electrons. The first-order valence-corrected chi connectivity index (χ1v) is 15.4. The second-order valence-corrected chi connectivity index (χ2v) is 11.7. The molecular weight excluding hydrogens is 648 g/mol. The average molecular weight is 688 g/mol. The van der Waals surface area contributed by atoms with Crippen LogP contribution in [0.4, 0.5) is 14.0 Å². The number of phosphoric acid groups is 1. The molecule has 0 spiro atoms. The molecule has 5 atom stereocenters. The fourth-order valence-corrected chi connectivity index (χ4v) is 4.83. The number of halogens is 1. The summed E-state index contributed by atoms with van der Waals surface area (Å²) < 4.78 is 73.2. The van der Waals surface area contributed by atoms with E-state index in [1.54, 1.807) is 13.8 Å². The fraction of sp³-hybridized carbons (Fsp3) is 0.720. The van der Waals surface area contributed by atoms with Crippen LogP contribution >= 0.6 is 7.82 Å². The number of carbonyl (C=O) groups is 3. The third-order valence-electron chi connectivity index (χ3n) is 6.53. The number of rotatable bonds is 17. The summed E-state index contributed by atoms with van der Waals surface area (Å²) in [6, 6.07) is -0.0628. The third-order valence-corrected chi connectivity index (χ3v) is 7.82. The predicted octanol–water partition coefficient (Wildman–Crippen LogP) is 1.15. The highest BCUT2D eigenvalue weighted by molar-refractivity contribution is 7.48. The van der Waals surface area contributed by atoms with Gasteiger partial charge in [0.2, 0.25) is 13.6 Å². The Morgan fingerprint density at radius 1 is 1.04 bits per heavy atom. The number of carbonyl (C=O) groups excluding carboxylic acids is 3. The topological polar surface area (TPSA) is 242 Å². The van der Waals surface area contributed by atoms with Gasteiger partial charge in [0.25, 0.3) is 5.56 Å². The number of phosphoric ester groups is 1. The van der Waals surface area contributed by atoms with Crippen LogP contribution in [0.3, 0.4) is 0 Å². The quantitative estimate of drug-likeness (QED) is 0.101. The summed E-state index contributed by atoms with van der Waals surface area (Å²) in [5.41, 5.74) is 1.56. The minimum absolute atomic E-state index is 0.0530. The zero-order valence-corrected chi connectivity index (χ0v) is 26.8. The molecule has 1 aromatic heterocycles. The number of nitrogens with two attached hydrogens (primary N) is 1. The molecule has 0 aromatic carbocycles. The number of aromatic nitrogens is 2. The molecule has 0 bridgehead atoms. The summed E-state index contributed by atoms with van der Waals surface area (Å²) in [6.45, 7) is 2.21. The van der Waals surface area contributed by atoms with E-state index in [1.165, 1.54) is 20.8 Å². The number of hydrogen-bond acceptors (Lipinski definition) is 17. The fourth-order valence-electron chi connectivity index (χ4n) is 3.87. The molecule has 1 aliphatic heterocycles. The Labute approximate surface area is 262 Å². The smallest absolute Gasteiger partial charge is 0.442 e. The van der Waals surface area contributed by atoms with Gasteiger partial charge < -0.3 is 39.3 Å². The molecule has 2 heterocycles. The Bertz CT molecular complexity index is 1330. The van der Waals surface area contributed by atoms with Gasteiger partial charge in [0.05, 0.1) is 25.9 Å². The van der Waals surface area contributed by atoms with Crippen molar-refractivity contribution in [3.63, 3.8) is 0 Å². The molecule has 21 heteroatoms. The van der Waals surface area contributed by atoms with Crippen LogP contribution in [0.5, 0.6) is 0 Å². The van der Waals surface area contributed by atoms with E-state index >= 15 is 0 Å². The molecule has 2 rings (SSSR count). The van der Waals surface area contributed by atoms with E-state index in [0.717, 1.165) is 16.8 Å². The van der Waals surface area contributed by atoms with Gasteiger partial charge in [-0.2, -0.15) is 0 Å². The van der Waals surface area contributed by atoms with Gasteiger partial charge in [-0.3, -0.25) is 18.7 Å².